The monoisotopic (exact) mass is 337 g/mol. The highest BCUT2D eigenvalue weighted by molar-refractivity contribution is 5.87. The number of carbonyl (C=O) groups is 1. The Morgan fingerprint density at radius 3 is 2.28 bits per heavy atom. The topological polar surface area (TPSA) is 75.2 Å². The first kappa shape index (κ1) is 14.3. The Morgan fingerprint density at radius 2 is 1.72 bits per heavy atom. The smallest absolute Gasteiger partial charge is 0.356 e. The Balaban J connectivity index is 1.60. The molecule has 5 rings (SSSR count). The van der Waals surface area contributed by atoms with Crippen LogP contribution in [-0.4, -0.2) is 26.5 Å². The number of hydrogen-bond acceptors (Lipinski definition) is 4. The van der Waals surface area contributed by atoms with E-state index in [0.29, 0.717) is 12.3 Å². The molecule has 2 heterocycles. The van der Waals surface area contributed by atoms with Gasteiger partial charge in [-0.3, -0.25) is 4.79 Å². The zero-order valence-electron chi connectivity index (χ0n) is 13.5. The number of benzene rings is 1. The van der Waals surface area contributed by atoms with E-state index in [1.54, 1.807) is 24.3 Å². The number of carbonyl (C=O) groups excluding carboxylic acids is 1. The molecule has 0 amide bonds. The van der Waals surface area contributed by atoms with E-state index in [1.807, 2.05) is 18.2 Å². The average molecular weight is 337 g/mol. The Morgan fingerprint density at radius 1 is 1.12 bits per heavy atom. The van der Waals surface area contributed by atoms with Crippen molar-refractivity contribution in [1.82, 2.24) is 13.9 Å². The molecule has 2 aromatic rings. The molecule has 1 aromatic heterocycles. The van der Waals surface area contributed by atoms with Crippen LogP contribution in [0.25, 0.3) is 17.1 Å². The van der Waals surface area contributed by atoms with Crippen molar-refractivity contribution in [2.75, 3.05) is 6.61 Å². The highest BCUT2D eigenvalue weighted by Crippen LogP contribution is 2.69. The molecule has 0 N–H and O–H groups in total. The summed E-state index contributed by atoms with van der Waals surface area (Å²) >= 11 is 0. The van der Waals surface area contributed by atoms with Crippen LogP contribution in [0.1, 0.15) is 13.3 Å². The van der Waals surface area contributed by atoms with Gasteiger partial charge in [0.25, 0.3) is 0 Å². The van der Waals surface area contributed by atoms with Gasteiger partial charge in [0.15, 0.2) is 0 Å². The second-order valence-corrected chi connectivity index (χ2v) is 6.64. The minimum Gasteiger partial charge on any atom is -0.466 e. The fourth-order valence-corrected chi connectivity index (χ4v) is 4.14. The Kier molecular flexibility index (Phi) is 2.57. The highest BCUT2D eigenvalue weighted by atomic mass is 16.5. The summed E-state index contributed by atoms with van der Waals surface area (Å²) in [6.07, 6.45) is 4.55. The number of fused-ring (bicyclic) bond motifs is 3. The molecular formula is C18H15N3O4. The molecule has 2 bridgehead atoms. The first-order valence-electron chi connectivity index (χ1n) is 8.15. The fourth-order valence-electron chi connectivity index (χ4n) is 4.14. The van der Waals surface area contributed by atoms with Crippen molar-refractivity contribution in [2.45, 2.75) is 13.3 Å². The van der Waals surface area contributed by atoms with Gasteiger partial charge in [-0.25, -0.2) is 14.2 Å². The molecule has 1 aromatic carbocycles. The SMILES string of the molecule is CC(=O)OC[C@H]1CC12C1=CC=C2n2c(=O)n(-c3ccccc3)c(=O)n21. The molecule has 2 aliphatic carbocycles. The normalized spacial score (nSPS) is 21.1. The molecule has 1 aliphatic heterocycles. The van der Waals surface area contributed by atoms with Gasteiger partial charge in [0.1, 0.15) is 0 Å². The van der Waals surface area contributed by atoms with E-state index >= 15 is 0 Å². The lowest BCUT2D eigenvalue weighted by atomic mass is 10.0. The van der Waals surface area contributed by atoms with E-state index in [2.05, 4.69) is 0 Å². The van der Waals surface area contributed by atoms with Gasteiger partial charge < -0.3 is 4.74 Å². The number of hydrogen-bond donors (Lipinski definition) is 0. The summed E-state index contributed by atoms with van der Waals surface area (Å²) in [7, 11) is 0. The van der Waals surface area contributed by atoms with Crippen LogP contribution in [0.3, 0.4) is 0 Å². The summed E-state index contributed by atoms with van der Waals surface area (Å²) in [6.45, 7) is 1.68. The third-order valence-corrected chi connectivity index (χ3v) is 5.32. The molecule has 25 heavy (non-hydrogen) atoms. The van der Waals surface area contributed by atoms with Crippen molar-refractivity contribution in [1.29, 1.82) is 0 Å². The maximum absolute atomic E-state index is 12.9. The summed E-state index contributed by atoms with van der Waals surface area (Å²) in [5.74, 6) is -0.216. The molecule has 1 fully saturated rings. The third-order valence-electron chi connectivity index (χ3n) is 5.32. The van der Waals surface area contributed by atoms with Crippen LogP contribution in [0.15, 0.2) is 52.1 Å². The van der Waals surface area contributed by atoms with Crippen molar-refractivity contribution in [3.63, 3.8) is 0 Å². The highest BCUT2D eigenvalue weighted by Gasteiger charge is 2.67. The van der Waals surface area contributed by atoms with Gasteiger partial charge in [0, 0.05) is 12.8 Å². The molecule has 0 saturated heterocycles. The van der Waals surface area contributed by atoms with E-state index in [1.165, 1.54) is 20.9 Å². The zero-order valence-corrected chi connectivity index (χ0v) is 13.5. The second-order valence-electron chi connectivity index (χ2n) is 6.64. The summed E-state index contributed by atoms with van der Waals surface area (Å²) in [5, 5.41) is 0. The van der Waals surface area contributed by atoms with Crippen molar-refractivity contribution < 1.29 is 9.53 Å². The van der Waals surface area contributed by atoms with Gasteiger partial charge in [0.05, 0.1) is 29.1 Å². The van der Waals surface area contributed by atoms with E-state index in [9.17, 15) is 14.4 Å². The average Bonchev–Trinajstić information content (AvgIpc) is 3.03. The van der Waals surface area contributed by atoms with E-state index in [0.717, 1.165) is 17.8 Å². The molecule has 3 aliphatic rings. The molecule has 7 heteroatoms. The van der Waals surface area contributed by atoms with Crippen LogP contribution in [0.5, 0.6) is 0 Å². The fraction of sp³-hybridized carbons (Fsp3) is 0.278. The standard InChI is InChI=1S/C18H15N3O4/c1-11(22)25-10-12-9-18(12)14-7-8-15(18)21-17(24)19(16(23)20(14)21)13-5-3-2-4-6-13/h2-8,12H,9-10H2,1H3/t12-/m1/s1. The van der Waals surface area contributed by atoms with Crippen LogP contribution in [0, 0.1) is 11.3 Å². The lowest BCUT2D eigenvalue weighted by molar-refractivity contribution is -0.141. The van der Waals surface area contributed by atoms with Gasteiger partial charge in [-0.2, -0.15) is 9.36 Å². The third kappa shape index (κ3) is 1.62. The zero-order chi connectivity index (χ0) is 17.3. The van der Waals surface area contributed by atoms with E-state index < -0.39 is 0 Å². The van der Waals surface area contributed by atoms with Crippen LogP contribution in [0.4, 0.5) is 0 Å². The van der Waals surface area contributed by atoms with Gasteiger partial charge >= 0.3 is 17.3 Å². The molecule has 0 radical (unpaired) electrons. The predicted octanol–water partition coefficient (Wildman–Crippen LogP) is 1.08. The quantitative estimate of drug-likeness (QED) is 0.786. The van der Waals surface area contributed by atoms with Crippen molar-refractivity contribution in [3.8, 4) is 5.69 Å². The number of rotatable bonds is 3. The van der Waals surface area contributed by atoms with Crippen LogP contribution in [0.2, 0.25) is 0 Å². The Labute approximate surface area is 142 Å². The van der Waals surface area contributed by atoms with Gasteiger partial charge in [0.2, 0.25) is 0 Å². The Bertz CT molecular complexity index is 1050. The lowest BCUT2D eigenvalue weighted by Crippen LogP contribution is -2.29. The van der Waals surface area contributed by atoms with E-state index in [4.69, 9.17) is 4.74 Å². The van der Waals surface area contributed by atoms with Crippen molar-refractivity contribution in [3.05, 3.63) is 63.5 Å². The molecule has 1 atom stereocenters. The first-order chi connectivity index (χ1) is 12.1. The minimum absolute atomic E-state index is 0.104. The molecule has 126 valence electrons. The minimum atomic E-state index is -0.372. The number of aromatic nitrogens is 3. The van der Waals surface area contributed by atoms with Gasteiger partial charge in [-0.15, -0.1) is 0 Å². The summed E-state index contributed by atoms with van der Waals surface area (Å²) in [4.78, 5) is 36.9. The molecule has 0 unspecified atom stereocenters. The number of nitrogens with zero attached hydrogens (tertiary/aromatic N) is 3. The van der Waals surface area contributed by atoms with E-state index in [-0.39, 0.29) is 28.7 Å². The summed E-state index contributed by atoms with van der Waals surface area (Å²) in [5.41, 5.74) is 1.05. The largest absolute Gasteiger partial charge is 0.466 e. The number of para-hydroxylation sites is 1. The first-order valence-corrected chi connectivity index (χ1v) is 8.15. The number of ether oxygens (including phenoxy) is 1. The lowest BCUT2D eigenvalue weighted by Gasteiger charge is -2.09. The van der Waals surface area contributed by atoms with Gasteiger partial charge in [-0.05, 0) is 30.7 Å². The van der Waals surface area contributed by atoms with Crippen LogP contribution >= 0.6 is 0 Å². The molecule has 7 nitrogen and oxygen atoms in total. The van der Waals surface area contributed by atoms with Gasteiger partial charge in [-0.1, -0.05) is 18.2 Å². The Hall–Kier alpha value is -3.09. The maximum atomic E-state index is 12.9. The molecule has 1 saturated carbocycles. The molecule has 1 spiro atoms. The van der Waals surface area contributed by atoms with Crippen molar-refractivity contribution >= 4 is 17.4 Å². The molecular weight excluding hydrogens is 322 g/mol. The maximum Gasteiger partial charge on any atom is 0.356 e. The van der Waals surface area contributed by atoms with Crippen LogP contribution < -0.4 is 11.4 Å². The number of esters is 1. The number of allylic oxidation sites excluding steroid dienone is 4. The van der Waals surface area contributed by atoms with Crippen molar-refractivity contribution in [2.24, 2.45) is 11.3 Å². The summed E-state index contributed by atoms with van der Waals surface area (Å²) in [6, 6.07) is 8.89. The summed E-state index contributed by atoms with van der Waals surface area (Å²) < 4.78 is 9.23. The second kappa shape index (κ2) is 4.50. The predicted molar refractivity (Wildman–Crippen MR) is 90.0 cm³/mol. The van der Waals surface area contributed by atoms with Crippen LogP contribution in [-0.2, 0) is 9.53 Å².